The average molecular weight is 311 g/mol. The fraction of sp³-hybridized carbons (Fsp3) is 0.500. The second-order valence-corrected chi connectivity index (χ2v) is 5.05. The molecule has 1 fully saturated rings. The van der Waals surface area contributed by atoms with E-state index in [4.69, 9.17) is 5.73 Å². The van der Waals surface area contributed by atoms with Gasteiger partial charge in [-0.2, -0.15) is 4.39 Å². The van der Waals surface area contributed by atoms with E-state index in [1.165, 1.54) is 6.07 Å². The first-order chi connectivity index (χ1) is 7.87. The van der Waals surface area contributed by atoms with Gasteiger partial charge in [0.1, 0.15) is 5.54 Å². The minimum atomic E-state index is -2.98. The summed E-state index contributed by atoms with van der Waals surface area (Å²) in [6.07, 6.45) is -2.58. The van der Waals surface area contributed by atoms with E-state index in [1.54, 1.807) is 0 Å². The smallest absolute Gasteiger partial charge is 0.260 e. The number of halogens is 4. The highest BCUT2D eigenvalue weighted by Gasteiger charge is 2.57. The molecule has 0 bridgehead atoms. The van der Waals surface area contributed by atoms with Crippen LogP contribution in [0.2, 0.25) is 0 Å². The van der Waals surface area contributed by atoms with Crippen LogP contribution in [0.15, 0.2) is 16.7 Å². The molecule has 1 aliphatic rings. The van der Waals surface area contributed by atoms with Crippen molar-refractivity contribution in [2.75, 3.05) is 0 Å². The maximum atomic E-state index is 13.5. The number of aliphatic hydroxyl groups excluding tert-OH is 1. The normalized spacial score (nSPS) is 27.0. The van der Waals surface area contributed by atoms with Crippen LogP contribution in [-0.4, -0.2) is 22.6 Å². The second kappa shape index (κ2) is 4.22. The number of pyridine rings is 1. The summed E-state index contributed by atoms with van der Waals surface area (Å²) in [5.74, 6) is -1.87. The molecular formula is C10H10BrF3N2O. The largest absolute Gasteiger partial charge is 0.393 e. The standard InChI is InChI=1S/C10H10BrF3N2O/c11-4-1-6(8(12)16-3-4)10(15,9(13)14)5-2-7(5)17/h1,3,5,7,9,17H,2,15H2/t5-,7+,10-/m0/s1. The van der Waals surface area contributed by atoms with E-state index >= 15 is 0 Å². The molecule has 0 aromatic carbocycles. The van der Waals surface area contributed by atoms with Gasteiger partial charge < -0.3 is 10.8 Å². The molecule has 1 aromatic rings. The molecule has 2 rings (SSSR count). The Morgan fingerprint density at radius 1 is 1.59 bits per heavy atom. The highest BCUT2D eigenvalue weighted by molar-refractivity contribution is 9.10. The highest BCUT2D eigenvalue weighted by atomic mass is 79.9. The van der Waals surface area contributed by atoms with Crippen LogP contribution >= 0.6 is 15.9 Å². The first-order valence-electron chi connectivity index (χ1n) is 4.94. The van der Waals surface area contributed by atoms with Crippen molar-refractivity contribution < 1.29 is 18.3 Å². The van der Waals surface area contributed by atoms with Gasteiger partial charge in [-0.1, -0.05) is 0 Å². The first-order valence-corrected chi connectivity index (χ1v) is 5.73. The Morgan fingerprint density at radius 3 is 2.65 bits per heavy atom. The molecule has 94 valence electrons. The quantitative estimate of drug-likeness (QED) is 0.837. The van der Waals surface area contributed by atoms with E-state index in [2.05, 4.69) is 20.9 Å². The molecule has 0 radical (unpaired) electrons. The lowest BCUT2D eigenvalue weighted by atomic mass is 9.87. The van der Waals surface area contributed by atoms with Gasteiger partial charge in [-0.3, -0.25) is 0 Å². The molecule has 0 spiro atoms. The predicted octanol–water partition coefficient (Wildman–Crippen LogP) is 1.78. The third-order valence-electron chi connectivity index (χ3n) is 3.00. The van der Waals surface area contributed by atoms with Crippen molar-refractivity contribution in [3.63, 3.8) is 0 Å². The monoisotopic (exact) mass is 310 g/mol. The molecule has 1 aliphatic carbocycles. The number of nitrogens with zero attached hydrogens (tertiary/aromatic N) is 1. The van der Waals surface area contributed by atoms with Gasteiger partial charge in [0.25, 0.3) is 6.43 Å². The minimum Gasteiger partial charge on any atom is -0.393 e. The predicted molar refractivity (Wildman–Crippen MR) is 57.9 cm³/mol. The van der Waals surface area contributed by atoms with Gasteiger partial charge >= 0.3 is 0 Å². The van der Waals surface area contributed by atoms with Crippen LogP contribution in [0.4, 0.5) is 13.2 Å². The summed E-state index contributed by atoms with van der Waals surface area (Å²) < 4.78 is 40.1. The summed E-state index contributed by atoms with van der Waals surface area (Å²) in [7, 11) is 0. The molecule has 3 atom stereocenters. The topological polar surface area (TPSA) is 59.1 Å². The van der Waals surface area contributed by atoms with E-state index in [1.807, 2.05) is 0 Å². The van der Waals surface area contributed by atoms with Gasteiger partial charge in [0.05, 0.1) is 6.10 Å². The summed E-state index contributed by atoms with van der Waals surface area (Å²) in [4.78, 5) is 3.35. The van der Waals surface area contributed by atoms with Crippen molar-refractivity contribution in [1.82, 2.24) is 4.98 Å². The lowest BCUT2D eigenvalue weighted by molar-refractivity contribution is 0.0257. The minimum absolute atomic E-state index is 0.146. The van der Waals surface area contributed by atoms with Crippen molar-refractivity contribution in [1.29, 1.82) is 0 Å². The number of hydrogen-bond donors (Lipinski definition) is 2. The Bertz CT molecular complexity index is 446. The summed E-state index contributed by atoms with van der Waals surface area (Å²) in [6, 6.07) is 1.18. The summed E-state index contributed by atoms with van der Waals surface area (Å²) >= 11 is 3.03. The molecule has 3 N–H and O–H groups in total. The van der Waals surface area contributed by atoms with E-state index in [0.29, 0.717) is 4.47 Å². The van der Waals surface area contributed by atoms with E-state index in [0.717, 1.165) is 6.20 Å². The van der Waals surface area contributed by atoms with Crippen LogP contribution in [0.5, 0.6) is 0 Å². The SMILES string of the molecule is N[C@@](c1cc(Br)cnc1F)(C(F)F)[C@H]1C[C@H]1O. The molecule has 1 aromatic heterocycles. The maximum absolute atomic E-state index is 13.5. The molecule has 3 nitrogen and oxygen atoms in total. The molecular weight excluding hydrogens is 301 g/mol. The van der Waals surface area contributed by atoms with Gasteiger partial charge in [-0.25, -0.2) is 13.8 Å². The Morgan fingerprint density at radius 2 is 2.18 bits per heavy atom. The Labute approximate surface area is 104 Å². The third kappa shape index (κ3) is 2.07. The van der Waals surface area contributed by atoms with Crippen LogP contribution < -0.4 is 5.73 Å². The molecule has 0 aliphatic heterocycles. The maximum Gasteiger partial charge on any atom is 0.260 e. The van der Waals surface area contributed by atoms with Crippen LogP contribution in [0, 0.1) is 11.9 Å². The number of hydrogen-bond acceptors (Lipinski definition) is 3. The lowest BCUT2D eigenvalue weighted by Gasteiger charge is -2.29. The fourth-order valence-corrected chi connectivity index (χ4v) is 2.23. The highest BCUT2D eigenvalue weighted by Crippen LogP contribution is 2.48. The van der Waals surface area contributed by atoms with Gasteiger partial charge in [0.15, 0.2) is 0 Å². The Hall–Kier alpha value is -0.660. The number of rotatable bonds is 3. The van der Waals surface area contributed by atoms with Crippen LogP contribution in [0.25, 0.3) is 0 Å². The van der Waals surface area contributed by atoms with E-state index in [-0.39, 0.29) is 12.0 Å². The molecule has 1 saturated carbocycles. The van der Waals surface area contributed by atoms with Gasteiger partial charge in [0.2, 0.25) is 5.95 Å². The van der Waals surface area contributed by atoms with Crippen molar-refractivity contribution in [3.05, 3.63) is 28.2 Å². The van der Waals surface area contributed by atoms with Crippen LogP contribution in [0.1, 0.15) is 12.0 Å². The van der Waals surface area contributed by atoms with Crippen molar-refractivity contribution >= 4 is 15.9 Å². The Balaban J connectivity index is 2.49. The number of alkyl halides is 2. The second-order valence-electron chi connectivity index (χ2n) is 4.14. The molecule has 7 heteroatoms. The summed E-state index contributed by atoms with van der Waals surface area (Å²) in [6.45, 7) is 0. The molecule has 0 amide bonds. The third-order valence-corrected chi connectivity index (χ3v) is 3.44. The number of aliphatic hydroxyl groups is 1. The molecule has 0 saturated heterocycles. The molecule has 1 heterocycles. The van der Waals surface area contributed by atoms with E-state index < -0.39 is 29.9 Å². The van der Waals surface area contributed by atoms with Crippen LogP contribution in [0.3, 0.4) is 0 Å². The average Bonchev–Trinajstić information content (AvgIpc) is 2.98. The van der Waals surface area contributed by atoms with Crippen molar-refractivity contribution in [2.24, 2.45) is 11.7 Å². The van der Waals surface area contributed by atoms with Crippen molar-refractivity contribution in [2.45, 2.75) is 24.5 Å². The first kappa shape index (κ1) is 12.8. The van der Waals surface area contributed by atoms with Crippen molar-refractivity contribution in [3.8, 4) is 0 Å². The van der Waals surface area contributed by atoms with Gasteiger partial charge in [-0.05, 0) is 28.4 Å². The van der Waals surface area contributed by atoms with Gasteiger partial charge in [0, 0.05) is 22.2 Å². The number of nitrogens with two attached hydrogens (primary N) is 1. The summed E-state index contributed by atoms with van der Waals surface area (Å²) in [5.41, 5.74) is 3.05. The molecule has 17 heavy (non-hydrogen) atoms. The lowest BCUT2D eigenvalue weighted by Crippen LogP contribution is -2.48. The zero-order valence-electron chi connectivity index (χ0n) is 8.58. The van der Waals surface area contributed by atoms with Crippen LogP contribution in [-0.2, 0) is 5.54 Å². The molecule has 0 unspecified atom stereocenters. The van der Waals surface area contributed by atoms with Gasteiger partial charge in [-0.15, -0.1) is 0 Å². The zero-order chi connectivity index (χ0) is 12.8. The number of aromatic nitrogens is 1. The van der Waals surface area contributed by atoms with E-state index in [9.17, 15) is 18.3 Å². The zero-order valence-corrected chi connectivity index (χ0v) is 10.2. The summed E-state index contributed by atoms with van der Waals surface area (Å²) in [5, 5.41) is 9.26. The fourth-order valence-electron chi connectivity index (χ4n) is 1.90. The Kier molecular flexibility index (Phi) is 3.17.